The van der Waals surface area contributed by atoms with Crippen molar-refractivity contribution in [2.24, 2.45) is 0 Å². The van der Waals surface area contributed by atoms with Crippen molar-refractivity contribution in [2.75, 3.05) is 19.6 Å². The van der Waals surface area contributed by atoms with E-state index in [1.807, 2.05) is 0 Å². The lowest BCUT2D eigenvalue weighted by atomic mass is 10.0. The number of hydrogen-bond donors (Lipinski definition) is 0. The molecule has 0 N–H and O–H groups in total. The van der Waals surface area contributed by atoms with Crippen LogP contribution in [0.2, 0.25) is 0 Å². The fourth-order valence-corrected chi connectivity index (χ4v) is 3.27. The summed E-state index contributed by atoms with van der Waals surface area (Å²) in [7, 11) is 0. The molecule has 0 radical (unpaired) electrons. The first-order chi connectivity index (χ1) is 7.75. The first kappa shape index (κ1) is 14.0. The first-order valence-corrected chi connectivity index (χ1v) is 7.61. The standard InChI is InChI=1S/C15H32N/c1-4-6-7-9-12-16(15(3)5-2)13-10-8-11-14-16/h15H,4-14H2,1-3H3/q+1. The average molecular weight is 226 g/mol. The van der Waals surface area contributed by atoms with Crippen LogP contribution in [0.3, 0.4) is 0 Å². The molecule has 0 bridgehead atoms. The van der Waals surface area contributed by atoms with Gasteiger partial charge in [0.25, 0.3) is 0 Å². The van der Waals surface area contributed by atoms with Gasteiger partial charge in [-0.3, -0.25) is 0 Å². The molecule has 1 nitrogen and oxygen atoms in total. The van der Waals surface area contributed by atoms with Crippen LogP contribution >= 0.6 is 0 Å². The molecule has 1 heteroatoms. The molecule has 0 aromatic heterocycles. The van der Waals surface area contributed by atoms with Crippen molar-refractivity contribution >= 4 is 0 Å². The zero-order valence-corrected chi connectivity index (χ0v) is 11.8. The fourth-order valence-electron chi connectivity index (χ4n) is 3.27. The molecule has 16 heavy (non-hydrogen) atoms. The molecule has 0 aromatic carbocycles. The molecule has 0 saturated carbocycles. The Morgan fingerprint density at radius 1 is 0.938 bits per heavy atom. The maximum absolute atomic E-state index is 2.48. The van der Waals surface area contributed by atoms with Crippen molar-refractivity contribution in [1.29, 1.82) is 0 Å². The van der Waals surface area contributed by atoms with Gasteiger partial charge in [-0.25, -0.2) is 0 Å². The lowest BCUT2D eigenvalue weighted by Crippen LogP contribution is -2.57. The minimum absolute atomic E-state index is 0.891. The van der Waals surface area contributed by atoms with E-state index in [0.29, 0.717) is 0 Å². The van der Waals surface area contributed by atoms with Gasteiger partial charge in [0.1, 0.15) is 0 Å². The molecule has 1 aliphatic heterocycles. The van der Waals surface area contributed by atoms with Crippen LogP contribution < -0.4 is 0 Å². The quantitative estimate of drug-likeness (QED) is 0.447. The Bertz CT molecular complexity index is 170. The van der Waals surface area contributed by atoms with Gasteiger partial charge in [0.2, 0.25) is 0 Å². The van der Waals surface area contributed by atoms with E-state index in [2.05, 4.69) is 20.8 Å². The SMILES string of the molecule is CCCCCC[N+]1(C(C)CC)CCCCC1. The molecule has 0 amide bonds. The number of piperidine rings is 1. The Kier molecular flexibility index (Phi) is 6.41. The van der Waals surface area contributed by atoms with Gasteiger partial charge in [0, 0.05) is 0 Å². The molecule has 0 aliphatic carbocycles. The topological polar surface area (TPSA) is 0 Å². The second-order valence-corrected chi connectivity index (χ2v) is 5.77. The third-order valence-electron chi connectivity index (χ3n) is 4.69. The lowest BCUT2D eigenvalue weighted by molar-refractivity contribution is -0.954. The van der Waals surface area contributed by atoms with Gasteiger partial charge >= 0.3 is 0 Å². The summed E-state index contributed by atoms with van der Waals surface area (Å²) in [4.78, 5) is 0. The van der Waals surface area contributed by atoms with E-state index >= 15 is 0 Å². The molecule has 1 aliphatic rings. The second-order valence-electron chi connectivity index (χ2n) is 5.77. The zero-order chi connectivity index (χ0) is 11.9. The Hall–Kier alpha value is -0.0400. The summed E-state index contributed by atoms with van der Waals surface area (Å²) in [5, 5.41) is 0. The Morgan fingerprint density at radius 2 is 1.62 bits per heavy atom. The van der Waals surface area contributed by atoms with E-state index in [-0.39, 0.29) is 0 Å². The van der Waals surface area contributed by atoms with Crippen molar-refractivity contribution in [3.05, 3.63) is 0 Å². The van der Waals surface area contributed by atoms with Crippen molar-refractivity contribution in [3.63, 3.8) is 0 Å². The van der Waals surface area contributed by atoms with E-state index in [1.165, 1.54) is 75.5 Å². The normalized spacial score (nSPS) is 21.9. The third kappa shape index (κ3) is 3.76. The van der Waals surface area contributed by atoms with E-state index in [4.69, 9.17) is 0 Å². The molecule has 0 aromatic rings. The lowest BCUT2D eigenvalue weighted by Gasteiger charge is -2.46. The van der Waals surface area contributed by atoms with Crippen LogP contribution in [0.1, 0.15) is 72.1 Å². The fraction of sp³-hybridized carbons (Fsp3) is 1.00. The van der Waals surface area contributed by atoms with Crippen molar-refractivity contribution < 1.29 is 4.48 Å². The molecular formula is C15H32N+. The predicted molar refractivity (Wildman–Crippen MR) is 72.6 cm³/mol. The number of nitrogens with zero attached hydrogens (tertiary/aromatic N) is 1. The van der Waals surface area contributed by atoms with Crippen LogP contribution in [0.5, 0.6) is 0 Å². The summed E-state index contributed by atoms with van der Waals surface area (Å²) < 4.78 is 1.44. The Morgan fingerprint density at radius 3 is 2.19 bits per heavy atom. The predicted octanol–water partition coefficient (Wildman–Crippen LogP) is 4.37. The van der Waals surface area contributed by atoms with E-state index in [0.717, 1.165) is 6.04 Å². The van der Waals surface area contributed by atoms with Gasteiger partial charge in [0.15, 0.2) is 0 Å². The summed E-state index contributed by atoms with van der Waals surface area (Å²) in [6.45, 7) is 11.5. The second kappa shape index (κ2) is 7.32. The van der Waals surface area contributed by atoms with Crippen LogP contribution in [0.4, 0.5) is 0 Å². The molecule has 1 unspecified atom stereocenters. The average Bonchev–Trinajstić information content (AvgIpc) is 2.35. The first-order valence-electron chi connectivity index (χ1n) is 7.61. The van der Waals surface area contributed by atoms with Crippen molar-refractivity contribution in [1.82, 2.24) is 0 Å². The molecule has 1 fully saturated rings. The molecule has 96 valence electrons. The van der Waals surface area contributed by atoms with Crippen molar-refractivity contribution in [3.8, 4) is 0 Å². The zero-order valence-electron chi connectivity index (χ0n) is 11.8. The molecule has 1 atom stereocenters. The summed E-state index contributed by atoms with van der Waals surface area (Å²) in [6, 6.07) is 0.891. The summed E-state index contributed by atoms with van der Waals surface area (Å²) in [6.07, 6.45) is 11.5. The highest BCUT2D eigenvalue weighted by molar-refractivity contribution is 4.60. The molecule has 1 heterocycles. The number of hydrogen-bond acceptors (Lipinski definition) is 0. The molecular weight excluding hydrogens is 194 g/mol. The van der Waals surface area contributed by atoms with Crippen LogP contribution in [-0.4, -0.2) is 30.2 Å². The minimum atomic E-state index is 0.891. The van der Waals surface area contributed by atoms with Crippen LogP contribution in [0, 0.1) is 0 Å². The molecule has 1 rings (SSSR count). The highest BCUT2D eigenvalue weighted by Crippen LogP contribution is 2.25. The van der Waals surface area contributed by atoms with Gasteiger partial charge < -0.3 is 4.48 Å². The van der Waals surface area contributed by atoms with Crippen LogP contribution in [-0.2, 0) is 0 Å². The van der Waals surface area contributed by atoms with E-state index in [1.54, 1.807) is 0 Å². The monoisotopic (exact) mass is 226 g/mol. The minimum Gasteiger partial charge on any atom is -0.321 e. The van der Waals surface area contributed by atoms with E-state index in [9.17, 15) is 0 Å². The number of rotatable bonds is 7. The number of quaternary nitrogens is 1. The Balaban J connectivity index is 2.43. The van der Waals surface area contributed by atoms with Gasteiger partial charge in [-0.05, 0) is 45.4 Å². The summed E-state index contributed by atoms with van der Waals surface area (Å²) in [5.41, 5.74) is 0. The third-order valence-corrected chi connectivity index (χ3v) is 4.69. The number of unbranched alkanes of at least 4 members (excludes halogenated alkanes) is 3. The highest BCUT2D eigenvalue weighted by Gasteiger charge is 2.33. The molecule has 1 saturated heterocycles. The van der Waals surface area contributed by atoms with Gasteiger partial charge in [-0.1, -0.05) is 26.7 Å². The maximum atomic E-state index is 2.48. The maximum Gasteiger partial charge on any atom is 0.0859 e. The summed E-state index contributed by atoms with van der Waals surface area (Å²) >= 11 is 0. The van der Waals surface area contributed by atoms with Crippen LogP contribution in [0.25, 0.3) is 0 Å². The smallest absolute Gasteiger partial charge is 0.0859 e. The van der Waals surface area contributed by atoms with Crippen molar-refractivity contribution in [2.45, 2.75) is 78.2 Å². The van der Waals surface area contributed by atoms with Gasteiger partial charge in [-0.2, -0.15) is 0 Å². The van der Waals surface area contributed by atoms with E-state index < -0.39 is 0 Å². The van der Waals surface area contributed by atoms with Crippen LogP contribution in [0.15, 0.2) is 0 Å². The largest absolute Gasteiger partial charge is 0.321 e. The van der Waals surface area contributed by atoms with Gasteiger partial charge in [0.05, 0.1) is 25.7 Å². The Labute approximate surface area is 103 Å². The van der Waals surface area contributed by atoms with Gasteiger partial charge in [-0.15, -0.1) is 0 Å². The summed E-state index contributed by atoms with van der Waals surface area (Å²) in [5.74, 6) is 0. The highest BCUT2D eigenvalue weighted by atomic mass is 15.4. The molecule has 0 spiro atoms. The number of likely N-dealkylation sites (tertiary alicyclic amines) is 1.